The van der Waals surface area contributed by atoms with E-state index in [0.717, 1.165) is 16.2 Å². The van der Waals surface area contributed by atoms with Gasteiger partial charge in [-0.05, 0) is 18.2 Å². The number of hydrogen-bond donors (Lipinski definition) is 1. The molecule has 126 valence electrons. The number of carbonyl (C=O) groups excluding carboxylic acids is 3. The second kappa shape index (κ2) is 6.05. The highest BCUT2D eigenvalue weighted by Crippen LogP contribution is 2.31. The molecule has 6 heteroatoms. The number of fused-ring (bicyclic) bond motifs is 2. The van der Waals surface area contributed by atoms with Crippen molar-refractivity contribution in [2.24, 2.45) is 0 Å². The molecule has 0 spiro atoms. The summed E-state index contributed by atoms with van der Waals surface area (Å²) in [6.45, 7) is 0.450. The van der Waals surface area contributed by atoms with Crippen LogP contribution in [0.25, 0.3) is 0 Å². The topological polar surface area (TPSA) is 75.7 Å². The maximum absolute atomic E-state index is 12.3. The van der Waals surface area contributed by atoms with Crippen molar-refractivity contribution < 1.29 is 19.1 Å². The van der Waals surface area contributed by atoms with Gasteiger partial charge < -0.3 is 10.1 Å². The molecule has 2 aliphatic rings. The lowest BCUT2D eigenvalue weighted by Gasteiger charge is -2.15. The van der Waals surface area contributed by atoms with E-state index >= 15 is 0 Å². The van der Waals surface area contributed by atoms with Crippen LogP contribution in [0.3, 0.4) is 0 Å². The van der Waals surface area contributed by atoms with E-state index in [-0.39, 0.29) is 36.7 Å². The number of imide groups is 1. The van der Waals surface area contributed by atoms with Gasteiger partial charge in [0.15, 0.2) is 0 Å². The minimum absolute atomic E-state index is 0.0597. The first-order valence-corrected chi connectivity index (χ1v) is 8.11. The average Bonchev–Trinajstić information content (AvgIpc) is 3.14. The zero-order valence-electron chi connectivity index (χ0n) is 13.4. The third-order valence-corrected chi connectivity index (χ3v) is 4.48. The normalized spacial score (nSPS) is 17.9. The van der Waals surface area contributed by atoms with Crippen LogP contribution >= 0.6 is 0 Å². The Labute approximate surface area is 144 Å². The Bertz CT molecular complexity index is 842. The molecule has 0 saturated heterocycles. The Kier molecular flexibility index (Phi) is 3.72. The lowest BCUT2D eigenvalue weighted by Crippen LogP contribution is -2.36. The van der Waals surface area contributed by atoms with Gasteiger partial charge in [0.05, 0.1) is 17.2 Å². The molecule has 0 aliphatic carbocycles. The maximum atomic E-state index is 12.3. The van der Waals surface area contributed by atoms with Gasteiger partial charge in [-0.25, -0.2) is 0 Å². The van der Waals surface area contributed by atoms with Crippen molar-refractivity contribution in [3.8, 4) is 5.75 Å². The molecule has 1 N–H and O–H groups in total. The smallest absolute Gasteiger partial charge is 0.261 e. The summed E-state index contributed by atoms with van der Waals surface area (Å²) in [5.74, 6) is -0.138. The van der Waals surface area contributed by atoms with E-state index in [2.05, 4.69) is 5.32 Å². The van der Waals surface area contributed by atoms with E-state index in [1.54, 1.807) is 24.3 Å². The number of nitrogens with one attached hydrogen (secondary N) is 1. The Hall–Kier alpha value is -3.15. The molecule has 6 nitrogen and oxygen atoms in total. The molecule has 0 aromatic heterocycles. The minimum Gasteiger partial charge on any atom is -0.491 e. The number of amides is 3. The van der Waals surface area contributed by atoms with E-state index in [4.69, 9.17) is 4.74 Å². The summed E-state index contributed by atoms with van der Waals surface area (Å²) in [4.78, 5) is 37.9. The summed E-state index contributed by atoms with van der Waals surface area (Å²) in [7, 11) is 0. The van der Waals surface area contributed by atoms with Crippen molar-refractivity contribution in [1.82, 2.24) is 10.2 Å². The Morgan fingerprint density at radius 3 is 2.40 bits per heavy atom. The van der Waals surface area contributed by atoms with Crippen LogP contribution in [-0.2, 0) is 4.79 Å². The van der Waals surface area contributed by atoms with Crippen LogP contribution in [0.15, 0.2) is 48.5 Å². The molecular formula is C19H16N2O4. The maximum Gasteiger partial charge on any atom is 0.261 e. The van der Waals surface area contributed by atoms with Crippen LogP contribution in [0, 0.1) is 0 Å². The molecule has 25 heavy (non-hydrogen) atoms. The van der Waals surface area contributed by atoms with Crippen LogP contribution < -0.4 is 10.1 Å². The Balaban J connectivity index is 1.38. The molecule has 2 aliphatic heterocycles. The largest absolute Gasteiger partial charge is 0.491 e. The van der Waals surface area contributed by atoms with Crippen molar-refractivity contribution in [2.45, 2.75) is 12.5 Å². The summed E-state index contributed by atoms with van der Waals surface area (Å²) >= 11 is 0. The highest BCUT2D eigenvalue weighted by molar-refractivity contribution is 6.21. The molecule has 0 radical (unpaired) electrons. The molecule has 2 aromatic rings. The van der Waals surface area contributed by atoms with Crippen molar-refractivity contribution >= 4 is 17.7 Å². The number of carbonyl (C=O) groups is 3. The van der Waals surface area contributed by atoms with Gasteiger partial charge in [0.25, 0.3) is 11.8 Å². The molecule has 2 aromatic carbocycles. The quantitative estimate of drug-likeness (QED) is 0.866. The predicted octanol–water partition coefficient (Wildman–Crippen LogP) is 1.92. The van der Waals surface area contributed by atoms with E-state index in [1.165, 1.54) is 0 Å². The van der Waals surface area contributed by atoms with Gasteiger partial charge in [-0.3, -0.25) is 19.3 Å². The summed E-state index contributed by atoms with van der Waals surface area (Å²) in [6, 6.07) is 14.0. The first-order chi connectivity index (χ1) is 12.1. The number of hydrogen-bond acceptors (Lipinski definition) is 4. The molecule has 1 atom stereocenters. The van der Waals surface area contributed by atoms with E-state index in [0.29, 0.717) is 17.7 Å². The third-order valence-electron chi connectivity index (χ3n) is 4.48. The lowest BCUT2D eigenvalue weighted by molar-refractivity contribution is -0.122. The van der Waals surface area contributed by atoms with Gasteiger partial charge in [-0.2, -0.15) is 0 Å². The molecule has 0 saturated carbocycles. The lowest BCUT2D eigenvalue weighted by atomic mass is 10.1. The highest BCUT2D eigenvalue weighted by Gasteiger charge is 2.35. The molecule has 0 unspecified atom stereocenters. The van der Waals surface area contributed by atoms with E-state index in [9.17, 15) is 14.4 Å². The number of ether oxygens (including phenoxy) is 1. The van der Waals surface area contributed by atoms with Gasteiger partial charge in [0, 0.05) is 18.5 Å². The van der Waals surface area contributed by atoms with Gasteiger partial charge in [0.2, 0.25) is 5.91 Å². The molecular weight excluding hydrogens is 320 g/mol. The molecule has 0 bridgehead atoms. The van der Waals surface area contributed by atoms with E-state index < -0.39 is 0 Å². The molecule has 3 amide bonds. The average molecular weight is 336 g/mol. The summed E-state index contributed by atoms with van der Waals surface area (Å²) < 4.78 is 5.53. The predicted molar refractivity (Wildman–Crippen MR) is 89.2 cm³/mol. The Morgan fingerprint density at radius 2 is 1.68 bits per heavy atom. The summed E-state index contributed by atoms with van der Waals surface area (Å²) in [6.07, 6.45) is 0.0597. The first-order valence-electron chi connectivity index (χ1n) is 8.11. The standard InChI is InChI=1S/C19H16N2O4/c22-17(20-15-11-25-16-8-4-3-7-14(15)16)9-10-21-18(23)12-5-1-2-6-13(12)19(21)24/h1-8,15H,9-11H2,(H,20,22)/t15-/m1/s1. The van der Waals surface area contributed by atoms with Crippen LogP contribution in [0.2, 0.25) is 0 Å². The number of benzene rings is 2. The monoisotopic (exact) mass is 336 g/mol. The van der Waals surface area contributed by atoms with Crippen LogP contribution in [0.1, 0.15) is 38.7 Å². The van der Waals surface area contributed by atoms with Gasteiger partial charge in [-0.15, -0.1) is 0 Å². The number of nitrogens with zero attached hydrogens (tertiary/aromatic N) is 1. The summed E-state index contributed by atoms with van der Waals surface area (Å²) in [5.41, 5.74) is 1.73. The van der Waals surface area contributed by atoms with Crippen molar-refractivity contribution in [3.63, 3.8) is 0 Å². The van der Waals surface area contributed by atoms with Gasteiger partial charge in [0.1, 0.15) is 12.4 Å². The minimum atomic E-state index is -0.344. The van der Waals surface area contributed by atoms with Crippen LogP contribution in [-0.4, -0.2) is 35.8 Å². The van der Waals surface area contributed by atoms with Crippen molar-refractivity contribution in [2.75, 3.05) is 13.2 Å². The molecule has 2 heterocycles. The number of rotatable bonds is 4. The third kappa shape index (κ3) is 2.65. The second-order valence-corrected chi connectivity index (χ2v) is 6.03. The fourth-order valence-corrected chi connectivity index (χ4v) is 3.20. The van der Waals surface area contributed by atoms with Crippen LogP contribution in [0.4, 0.5) is 0 Å². The second-order valence-electron chi connectivity index (χ2n) is 6.03. The van der Waals surface area contributed by atoms with Crippen molar-refractivity contribution in [3.05, 3.63) is 65.2 Å². The van der Waals surface area contributed by atoms with Gasteiger partial charge in [-0.1, -0.05) is 30.3 Å². The SMILES string of the molecule is O=C(CCN1C(=O)c2ccccc2C1=O)N[C@@H]1COc2ccccc21. The fourth-order valence-electron chi connectivity index (χ4n) is 3.20. The zero-order valence-corrected chi connectivity index (χ0v) is 13.4. The van der Waals surface area contributed by atoms with Gasteiger partial charge >= 0.3 is 0 Å². The molecule has 4 rings (SSSR count). The molecule has 0 fully saturated rings. The van der Waals surface area contributed by atoms with Crippen LogP contribution in [0.5, 0.6) is 5.75 Å². The summed E-state index contributed by atoms with van der Waals surface area (Å²) in [5, 5.41) is 2.90. The number of para-hydroxylation sites is 1. The Morgan fingerprint density at radius 1 is 1.04 bits per heavy atom. The van der Waals surface area contributed by atoms with Crippen molar-refractivity contribution in [1.29, 1.82) is 0 Å². The van der Waals surface area contributed by atoms with E-state index in [1.807, 2.05) is 24.3 Å². The zero-order chi connectivity index (χ0) is 17.4. The highest BCUT2D eigenvalue weighted by atomic mass is 16.5. The first kappa shape index (κ1) is 15.4. The fraction of sp³-hybridized carbons (Fsp3) is 0.211.